The molecular formula is C25H31N3O3. The van der Waals surface area contributed by atoms with Gasteiger partial charge in [-0.3, -0.25) is 4.79 Å². The van der Waals surface area contributed by atoms with Crippen LogP contribution >= 0.6 is 0 Å². The molecule has 3 amide bonds. The SMILES string of the molecule is O=C(NCc1ccccc1COc1ccccc1)C1CCCN(C(=O)N2CCCC2)C1. The molecule has 1 atom stereocenters. The van der Waals surface area contributed by atoms with Gasteiger partial charge in [-0.1, -0.05) is 42.5 Å². The van der Waals surface area contributed by atoms with E-state index in [4.69, 9.17) is 4.74 Å². The first-order chi connectivity index (χ1) is 15.2. The lowest BCUT2D eigenvalue weighted by Gasteiger charge is -2.34. The van der Waals surface area contributed by atoms with Crippen molar-refractivity contribution in [3.63, 3.8) is 0 Å². The number of rotatable bonds is 6. The number of urea groups is 1. The Kier molecular flexibility index (Phi) is 7.07. The maximum atomic E-state index is 12.9. The number of nitrogens with one attached hydrogen (secondary N) is 1. The van der Waals surface area contributed by atoms with Gasteiger partial charge in [0.2, 0.25) is 5.91 Å². The van der Waals surface area contributed by atoms with E-state index in [0.717, 1.165) is 62.2 Å². The second kappa shape index (κ2) is 10.3. The van der Waals surface area contributed by atoms with E-state index in [-0.39, 0.29) is 17.9 Å². The summed E-state index contributed by atoms with van der Waals surface area (Å²) in [6, 6.07) is 17.8. The summed E-state index contributed by atoms with van der Waals surface area (Å²) in [5.41, 5.74) is 2.11. The van der Waals surface area contributed by atoms with Crippen molar-refractivity contribution in [2.24, 2.45) is 5.92 Å². The molecule has 2 saturated heterocycles. The van der Waals surface area contributed by atoms with Gasteiger partial charge in [0.05, 0.1) is 5.92 Å². The summed E-state index contributed by atoms with van der Waals surface area (Å²) < 4.78 is 5.88. The number of carbonyl (C=O) groups is 2. The highest BCUT2D eigenvalue weighted by molar-refractivity contribution is 5.81. The quantitative estimate of drug-likeness (QED) is 0.772. The van der Waals surface area contributed by atoms with Crippen LogP contribution in [0.3, 0.4) is 0 Å². The molecule has 2 aliphatic heterocycles. The van der Waals surface area contributed by atoms with Crippen molar-refractivity contribution in [2.45, 2.75) is 38.8 Å². The fourth-order valence-electron chi connectivity index (χ4n) is 4.35. The average molecular weight is 422 g/mol. The van der Waals surface area contributed by atoms with Crippen molar-refractivity contribution in [3.05, 3.63) is 65.7 Å². The first-order valence-electron chi connectivity index (χ1n) is 11.3. The number of hydrogen-bond donors (Lipinski definition) is 1. The number of nitrogens with zero attached hydrogens (tertiary/aromatic N) is 2. The first-order valence-corrected chi connectivity index (χ1v) is 11.3. The zero-order valence-electron chi connectivity index (χ0n) is 18.0. The van der Waals surface area contributed by atoms with E-state index in [9.17, 15) is 9.59 Å². The molecule has 0 saturated carbocycles. The van der Waals surface area contributed by atoms with Crippen LogP contribution in [-0.4, -0.2) is 47.9 Å². The lowest BCUT2D eigenvalue weighted by atomic mass is 9.97. The molecule has 2 aromatic rings. The zero-order chi connectivity index (χ0) is 21.5. The molecule has 6 heteroatoms. The number of ether oxygens (including phenoxy) is 1. The van der Waals surface area contributed by atoms with Crippen molar-refractivity contribution in [2.75, 3.05) is 26.2 Å². The van der Waals surface area contributed by atoms with E-state index in [1.54, 1.807) is 0 Å². The Morgan fingerprint density at radius 3 is 2.32 bits per heavy atom. The van der Waals surface area contributed by atoms with Gasteiger partial charge in [0.1, 0.15) is 12.4 Å². The third-order valence-corrected chi connectivity index (χ3v) is 6.15. The van der Waals surface area contributed by atoms with Gasteiger partial charge in [-0.25, -0.2) is 4.79 Å². The molecule has 2 aliphatic rings. The Balaban J connectivity index is 1.30. The van der Waals surface area contributed by atoms with Crippen molar-refractivity contribution in [1.82, 2.24) is 15.1 Å². The van der Waals surface area contributed by atoms with E-state index in [2.05, 4.69) is 5.32 Å². The van der Waals surface area contributed by atoms with Gasteiger partial charge in [0.15, 0.2) is 0 Å². The van der Waals surface area contributed by atoms with E-state index in [1.165, 1.54) is 0 Å². The maximum Gasteiger partial charge on any atom is 0.320 e. The second-order valence-electron chi connectivity index (χ2n) is 8.35. The molecule has 6 nitrogen and oxygen atoms in total. The minimum Gasteiger partial charge on any atom is -0.489 e. The molecule has 2 heterocycles. The fraction of sp³-hybridized carbons (Fsp3) is 0.440. The first kappa shape index (κ1) is 21.2. The maximum absolute atomic E-state index is 12.9. The lowest BCUT2D eigenvalue weighted by molar-refractivity contribution is -0.126. The lowest BCUT2D eigenvalue weighted by Crippen LogP contribution is -2.49. The van der Waals surface area contributed by atoms with E-state index in [1.807, 2.05) is 64.4 Å². The molecule has 0 spiro atoms. The smallest absolute Gasteiger partial charge is 0.320 e. The summed E-state index contributed by atoms with van der Waals surface area (Å²) >= 11 is 0. The van der Waals surface area contributed by atoms with Crippen LogP contribution in [0.1, 0.15) is 36.8 Å². The number of piperidine rings is 1. The Hall–Kier alpha value is -3.02. The van der Waals surface area contributed by atoms with E-state index >= 15 is 0 Å². The molecule has 0 aromatic heterocycles. The molecule has 0 aliphatic carbocycles. The Bertz CT molecular complexity index is 881. The van der Waals surface area contributed by atoms with Crippen molar-refractivity contribution in [3.8, 4) is 5.75 Å². The summed E-state index contributed by atoms with van der Waals surface area (Å²) in [7, 11) is 0. The van der Waals surface area contributed by atoms with Crippen LogP contribution in [0.4, 0.5) is 4.79 Å². The van der Waals surface area contributed by atoms with Gasteiger partial charge in [-0.05, 0) is 48.9 Å². The van der Waals surface area contributed by atoms with Gasteiger partial charge in [-0.15, -0.1) is 0 Å². The topological polar surface area (TPSA) is 61.9 Å². The highest BCUT2D eigenvalue weighted by Gasteiger charge is 2.31. The van der Waals surface area contributed by atoms with E-state index in [0.29, 0.717) is 19.7 Å². The van der Waals surface area contributed by atoms with Crippen LogP contribution in [0.25, 0.3) is 0 Å². The molecule has 4 rings (SSSR count). The Morgan fingerprint density at radius 2 is 1.55 bits per heavy atom. The largest absolute Gasteiger partial charge is 0.489 e. The van der Waals surface area contributed by atoms with Crippen molar-refractivity contribution in [1.29, 1.82) is 0 Å². The fourth-order valence-corrected chi connectivity index (χ4v) is 4.35. The van der Waals surface area contributed by atoms with Crippen LogP contribution in [0.5, 0.6) is 5.75 Å². The summed E-state index contributed by atoms with van der Waals surface area (Å²) in [5, 5.41) is 3.09. The van der Waals surface area contributed by atoms with Crippen LogP contribution in [0.15, 0.2) is 54.6 Å². The van der Waals surface area contributed by atoms with E-state index < -0.39 is 0 Å². The predicted octanol–water partition coefficient (Wildman–Crippen LogP) is 3.81. The highest BCUT2D eigenvalue weighted by Crippen LogP contribution is 2.20. The molecule has 0 bridgehead atoms. The number of likely N-dealkylation sites (tertiary alicyclic amines) is 2. The molecule has 1 N–H and O–H groups in total. The molecule has 2 fully saturated rings. The summed E-state index contributed by atoms with van der Waals surface area (Å²) in [6.07, 6.45) is 3.86. The molecule has 0 radical (unpaired) electrons. The average Bonchev–Trinajstić information content (AvgIpc) is 3.37. The molecule has 164 valence electrons. The van der Waals surface area contributed by atoms with Crippen LogP contribution < -0.4 is 10.1 Å². The van der Waals surface area contributed by atoms with Crippen LogP contribution in [0, 0.1) is 5.92 Å². The summed E-state index contributed by atoms with van der Waals surface area (Å²) in [6.45, 7) is 3.86. The number of para-hydroxylation sites is 1. The summed E-state index contributed by atoms with van der Waals surface area (Å²) in [5.74, 6) is 0.706. The van der Waals surface area contributed by atoms with Crippen molar-refractivity contribution >= 4 is 11.9 Å². The van der Waals surface area contributed by atoms with Crippen LogP contribution in [0.2, 0.25) is 0 Å². The number of carbonyl (C=O) groups excluding carboxylic acids is 2. The number of amides is 3. The standard InChI is InChI=1S/C25H31N3O3/c29-24(21-11-8-16-28(18-21)25(30)27-14-6-7-15-27)26-17-20-9-4-5-10-22(20)19-31-23-12-2-1-3-13-23/h1-5,9-10,12-13,21H,6-8,11,14-19H2,(H,26,29). The van der Waals surface area contributed by atoms with Gasteiger partial charge < -0.3 is 19.9 Å². The normalized spacial score (nSPS) is 18.6. The molecule has 31 heavy (non-hydrogen) atoms. The summed E-state index contributed by atoms with van der Waals surface area (Å²) in [4.78, 5) is 29.3. The minimum absolute atomic E-state index is 0.0257. The van der Waals surface area contributed by atoms with Gasteiger partial charge in [-0.2, -0.15) is 0 Å². The highest BCUT2D eigenvalue weighted by atomic mass is 16.5. The molecule has 2 aromatic carbocycles. The Morgan fingerprint density at radius 1 is 0.871 bits per heavy atom. The zero-order valence-corrected chi connectivity index (χ0v) is 18.0. The van der Waals surface area contributed by atoms with Crippen molar-refractivity contribution < 1.29 is 14.3 Å². The van der Waals surface area contributed by atoms with Gasteiger partial charge in [0.25, 0.3) is 0 Å². The monoisotopic (exact) mass is 421 g/mol. The number of benzene rings is 2. The Labute approximate surface area is 184 Å². The second-order valence-corrected chi connectivity index (χ2v) is 8.35. The molecule has 1 unspecified atom stereocenters. The third kappa shape index (κ3) is 5.57. The van der Waals surface area contributed by atoms with Gasteiger partial charge in [0, 0.05) is 32.7 Å². The minimum atomic E-state index is -0.145. The van der Waals surface area contributed by atoms with Crippen LogP contribution in [-0.2, 0) is 17.9 Å². The third-order valence-electron chi connectivity index (χ3n) is 6.15. The molecular weight excluding hydrogens is 390 g/mol. The number of hydrogen-bond acceptors (Lipinski definition) is 3. The van der Waals surface area contributed by atoms with Gasteiger partial charge >= 0.3 is 6.03 Å². The predicted molar refractivity (Wildman–Crippen MR) is 120 cm³/mol.